The molecule has 0 bridgehead atoms. The fraction of sp³-hybridized carbons (Fsp3) is 0.538. The number of piperidine rings is 1. The summed E-state index contributed by atoms with van der Waals surface area (Å²) in [6, 6.07) is 3.61. The molecule has 118 valence electrons. The highest BCUT2D eigenvalue weighted by Gasteiger charge is 2.46. The summed E-state index contributed by atoms with van der Waals surface area (Å²) in [5, 5.41) is 2.73. The molecule has 1 saturated heterocycles. The minimum atomic E-state index is -4.87. The van der Waals surface area contributed by atoms with Crippen LogP contribution >= 0.6 is 0 Å². The Balaban J connectivity index is 2.25. The lowest BCUT2D eigenvalue weighted by atomic mass is 9.86. The van der Waals surface area contributed by atoms with E-state index in [2.05, 4.69) is 10.1 Å². The Morgan fingerprint density at radius 3 is 2.43 bits per heavy atom. The van der Waals surface area contributed by atoms with Gasteiger partial charge in [0, 0.05) is 6.04 Å². The largest absolute Gasteiger partial charge is 0.573 e. The first kappa shape index (κ1) is 15.9. The van der Waals surface area contributed by atoms with E-state index < -0.39 is 30.2 Å². The molecule has 0 aromatic heterocycles. The van der Waals surface area contributed by atoms with Gasteiger partial charge in [-0.2, -0.15) is 13.2 Å². The zero-order chi connectivity index (χ0) is 15.7. The van der Waals surface area contributed by atoms with Gasteiger partial charge in [-0.15, -0.1) is 13.2 Å². The van der Waals surface area contributed by atoms with Gasteiger partial charge in [0.25, 0.3) is 0 Å². The highest BCUT2D eigenvalue weighted by molar-refractivity contribution is 5.31. The average molecular weight is 313 g/mol. The number of benzene rings is 1. The van der Waals surface area contributed by atoms with Crippen LogP contribution in [0.15, 0.2) is 24.3 Å². The van der Waals surface area contributed by atoms with E-state index in [1.165, 1.54) is 12.1 Å². The Labute approximate surface area is 117 Å². The minimum Gasteiger partial charge on any atom is -0.406 e. The summed E-state index contributed by atoms with van der Waals surface area (Å²) in [6.45, 7) is 0.390. The Morgan fingerprint density at radius 2 is 1.81 bits per heavy atom. The van der Waals surface area contributed by atoms with Gasteiger partial charge in [0.05, 0.1) is 5.92 Å². The normalized spacial score (nSPS) is 23.9. The molecule has 1 aromatic rings. The third-order valence-electron chi connectivity index (χ3n) is 3.33. The van der Waals surface area contributed by atoms with Crippen LogP contribution in [0.25, 0.3) is 0 Å². The van der Waals surface area contributed by atoms with Gasteiger partial charge in [-0.05, 0) is 37.1 Å². The maximum Gasteiger partial charge on any atom is 0.573 e. The molecule has 1 heterocycles. The zero-order valence-corrected chi connectivity index (χ0v) is 10.8. The zero-order valence-electron chi connectivity index (χ0n) is 10.8. The summed E-state index contributed by atoms with van der Waals surface area (Å²) in [7, 11) is 0. The Kier molecular flexibility index (Phi) is 4.36. The van der Waals surface area contributed by atoms with E-state index in [1.54, 1.807) is 0 Å². The highest BCUT2D eigenvalue weighted by Crippen LogP contribution is 2.41. The van der Waals surface area contributed by atoms with Crippen LogP contribution in [-0.4, -0.2) is 19.1 Å². The van der Waals surface area contributed by atoms with Gasteiger partial charge in [0.2, 0.25) is 0 Å². The number of nitrogens with one attached hydrogen (secondary N) is 1. The molecule has 1 N–H and O–H groups in total. The van der Waals surface area contributed by atoms with E-state index in [0.29, 0.717) is 13.0 Å². The molecule has 21 heavy (non-hydrogen) atoms. The van der Waals surface area contributed by atoms with Crippen molar-refractivity contribution in [3.63, 3.8) is 0 Å². The van der Waals surface area contributed by atoms with E-state index in [-0.39, 0.29) is 12.0 Å². The van der Waals surface area contributed by atoms with Crippen LogP contribution in [0.3, 0.4) is 0 Å². The van der Waals surface area contributed by atoms with Crippen LogP contribution < -0.4 is 10.1 Å². The Morgan fingerprint density at radius 1 is 1.10 bits per heavy atom. The molecule has 0 spiro atoms. The first-order chi connectivity index (χ1) is 9.67. The third kappa shape index (κ3) is 4.26. The lowest BCUT2D eigenvalue weighted by molar-refractivity contribution is -0.274. The Bertz CT molecular complexity index is 484. The van der Waals surface area contributed by atoms with Crippen molar-refractivity contribution in [2.75, 3.05) is 6.54 Å². The van der Waals surface area contributed by atoms with Crippen molar-refractivity contribution in [2.45, 2.75) is 31.4 Å². The molecule has 0 saturated carbocycles. The van der Waals surface area contributed by atoms with Crippen LogP contribution in [-0.2, 0) is 0 Å². The van der Waals surface area contributed by atoms with Crippen molar-refractivity contribution >= 4 is 0 Å². The molecule has 1 aliphatic heterocycles. The van der Waals surface area contributed by atoms with Crippen molar-refractivity contribution in [2.24, 2.45) is 5.92 Å². The van der Waals surface area contributed by atoms with Crippen LogP contribution in [0.4, 0.5) is 26.3 Å². The predicted octanol–water partition coefficient (Wildman–Crippen LogP) is 4.19. The fourth-order valence-corrected chi connectivity index (χ4v) is 2.50. The highest BCUT2D eigenvalue weighted by atomic mass is 19.4. The van der Waals surface area contributed by atoms with Crippen molar-refractivity contribution < 1.29 is 31.1 Å². The van der Waals surface area contributed by atoms with Crippen molar-refractivity contribution in [3.8, 4) is 5.75 Å². The number of rotatable bonds is 2. The fourth-order valence-electron chi connectivity index (χ4n) is 2.50. The van der Waals surface area contributed by atoms with Gasteiger partial charge in [0.15, 0.2) is 0 Å². The smallest absolute Gasteiger partial charge is 0.406 e. The van der Waals surface area contributed by atoms with Crippen molar-refractivity contribution in [1.29, 1.82) is 0 Å². The van der Waals surface area contributed by atoms with Gasteiger partial charge < -0.3 is 10.1 Å². The maximum absolute atomic E-state index is 13.0. The second-order valence-electron chi connectivity index (χ2n) is 4.84. The van der Waals surface area contributed by atoms with Gasteiger partial charge in [0.1, 0.15) is 5.75 Å². The van der Waals surface area contributed by atoms with Gasteiger partial charge in [-0.3, -0.25) is 0 Å². The number of hydrogen-bond acceptors (Lipinski definition) is 2. The summed E-state index contributed by atoms with van der Waals surface area (Å²) in [5.41, 5.74) is 0.138. The first-order valence-electron chi connectivity index (χ1n) is 6.32. The van der Waals surface area contributed by atoms with E-state index in [0.717, 1.165) is 12.1 Å². The molecule has 2 unspecified atom stereocenters. The Hall–Kier alpha value is -1.44. The van der Waals surface area contributed by atoms with Gasteiger partial charge in [-0.1, -0.05) is 12.1 Å². The number of hydrogen-bond donors (Lipinski definition) is 1. The molecule has 8 heteroatoms. The molecule has 2 atom stereocenters. The number of alkyl halides is 6. The molecule has 1 aliphatic rings. The number of ether oxygens (including phenoxy) is 1. The summed E-state index contributed by atoms with van der Waals surface area (Å²) < 4.78 is 79.2. The summed E-state index contributed by atoms with van der Waals surface area (Å²) in [5.74, 6) is -2.14. The standard InChI is InChI=1S/C13H13F6NO/c14-12(15,16)10-5-2-6-20-11(10)8-3-1-4-9(7-8)21-13(17,18)19/h1,3-4,7,10-11,20H,2,5-6H2. The molecular weight excluding hydrogens is 300 g/mol. The maximum atomic E-state index is 13.0. The van der Waals surface area contributed by atoms with E-state index in [4.69, 9.17) is 0 Å². The van der Waals surface area contributed by atoms with Crippen LogP contribution in [0.1, 0.15) is 24.4 Å². The number of halogens is 6. The molecule has 0 radical (unpaired) electrons. The second kappa shape index (κ2) is 5.75. The SMILES string of the molecule is FC(F)(F)Oc1cccc(C2NCCCC2C(F)(F)F)c1. The average Bonchev–Trinajstić information content (AvgIpc) is 2.36. The molecular formula is C13H13F6NO. The molecule has 1 fully saturated rings. The quantitative estimate of drug-likeness (QED) is 0.827. The molecule has 2 rings (SSSR count). The molecule has 0 aliphatic carbocycles. The lowest BCUT2D eigenvalue weighted by Crippen LogP contribution is -2.41. The van der Waals surface area contributed by atoms with Crippen LogP contribution in [0.2, 0.25) is 0 Å². The minimum absolute atomic E-state index is 0.0501. The first-order valence-corrected chi connectivity index (χ1v) is 6.32. The van der Waals surface area contributed by atoms with Gasteiger partial charge >= 0.3 is 12.5 Å². The predicted molar refractivity (Wildman–Crippen MR) is 62.6 cm³/mol. The topological polar surface area (TPSA) is 21.3 Å². The molecule has 0 amide bonds. The van der Waals surface area contributed by atoms with Crippen LogP contribution in [0, 0.1) is 5.92 Å². The third-order valence-corrected chi connectivity index (χ3v) is 3.33. The molecule has 1 aromatic carbocycles. The van der Waals surface area contributed by atoms with E-state index in [9.17, 15) is 26.3 Å². The van der Waals surface area contributed by atoms with Crippen molar-refractivity contribution in [1.82, 2.24) is 5.32 Å². The summed E-state index contributed by atoms with van der Waals surface area (Å²) >= 11 is 0. The summed E-state index contributed by atoms with van der Waals surface area (Å²) in [6.07, 6.45) is -8.95. The monoisotopic (exact) mass is 313 g/mol. The van der Waals surface area contributed by atoms with E-state index >= 15 is 0 Å². The summed E-state index contributed by atoms with van der Waals surface area (Å²) in [4.78, 5) is 0. The second-order valence-corrected chi connectivity index (χ2v) is 4.84. The van der Waals surface area contributed by atoms with Crippen LogP contribution in [0.5, 0.6) is 5.75 Å². The lowest BCUT2D eigenvalue weighted by Gasteiger charge is -2.34. The van der Waals surface area contributed by atoms with Crippen molar-refractivity contribution in [3.05, 3.63) is 29.8 Å². The van der Waals surface area contributed by atoms with E-state index in [1.807, 2.05) is 0 Å². The van der Waals surface area contributed by atoms with Gasteiger partial charge in [-0.25, -0.2) is 0 Å². The molecule has 2 nitrogen and oxygen atoms in total.